The number of nitrogens with one attached hydrogen (secondary N) is 1. The smallest absolute Gasteiger partial charge is 0.146 e. The lowest BCUT2D eigenvalue weighted by atomic mass is 10.2. The molecular formula is C16H21NO2. The highest BCUT2D eigenvalue weighted by Gasteiger charge is 2.04. The summed E-state index contributed by atoms with van der Waals surface area (Å²) in [7, 11) is 0. The summed E-state index contributed by atoms with van der Waals surface area (Å²) < 4.78 is 11.2. The van der Waals surface area contributed by atoms with Gasteiger partial charge in [0.15, 0.2) is 0 Å². The van der Waals surface area contributed by atoms with Crippen molar-refractivity contribution in [2.45, 2.75) is 40.0 Å². The molecule has 0 saturated heterocycles. The fourth-order valence-electron chi connectivity index (χ4n) is 1.78. The molecule has 3 nitrogen and oxygen atoms in total. The number of benzene rings is 1. The van der Waals surface area contributed by atoms with E-state index in [1.54, 1.807) is 6.26 Å². The maximum Gasteiger partial charge on any atom is 0.146 e. The Hall–Kier alpha value is -1.74. The summed E-state index contributed by atoms with van der Waals surface area (Å²) >= 11 is 0. The molecule has 1 aromatic heterocycles. The predicted molar refractivity (Wildman–Crippen MR) is 76.2 cm³/mol. The van der Waals surface area contributed by atoms with Crippen molar-refractivity contribution in [3.63, 3.8) is 0 Å². The second-order valence-electron chi connectivity index (χ2n) is 5.01. The van der Waals surface area contributed by atoms with E-state index in [-0.39, 0.29) is 0 Å². The van der Waals surface area contributed by atoms with Crippen LogP contribution in [0.3, 0.4) is 0 Å². The second kappa shape index (κ2) is 6.43. The summed E-state index contributed by atoms with van der Waals surface area (Å²) in [5.74, 6) is 1.75. The zero-order chi connectivity index (χ0) is 13.7. The van der Waals surface area contributed by atoms with Crippen LogP contribution in [0.1, 0.15) is 30.7 Å². The van der Waals surface area contributed by atoms with Crippen LogP contribution in [0.25, 0.3) is 0 Å². The number of para-hydroxylation sites is 1. The zero-order valence-corrected chi connectivity index (χ0v) is 11.8. The van der Waals surface area contributed by atoms with Crippen LogP contribution in [-0.4, -0.2) is 6.04 Å². The number of rotatable bonds is 6. The van der Waals surface area contributed by atoms with Crippen LogP contribution in [0.15, 0.2) is 41.0 Å². The highest BCUT2D eigenvalue weighted by Crippen LogP contribution is 2.18. The van der Waals surface area contributed by atoms with Gasteiger partial charge in [-0.1, -0.05) is 32.0 Å². The van der Waals surface area contributed by atoms with E-state index in [0.29, 0.717) is 12.6 Å². The van der Waals surface area contributed by atoms with Crippen LogP contribution >= 0.6 is 0 Å². The molecule has 1 aromatic carbocycles. The largest absolute Gasteiger partial charge is 0.485 e. The summed E-state index contributed by atoms with van der Waals surface area (Å²) in [5, 5.41) is 3.36. The van der Waals surface area contributed by atoms with Gasteiger partial charge in [0, 0.05) is 18.2 Å². The van der Waals surface area contributed by atoms with E-state index in [1.165, 1.54) is 0 Å². The molecule has 19 heavy (non-hydrogen) atoms. The van der Waals surface area contributed by atoms with Crippen LogP contribution in [-0.2, 0) is 13.2 Å². The summed E-state index contributed by atoms with van der Waals surface area (Å²) in [5.41, 5.74) is 2.29. The number of ether oxygens (including phenoxy) is 1. The summed E-state index contributed by atoms with van der Waals surface area (Å²) in [4.78, 5) is 0. The minimum Gasteiger partial charge on any atom is -0.485 e. The molecule has 2 aromatic rings. The van der Waals surface area contributed by atoms with Gasteiger partial charge in [-0.25, -0.2) is 0 Å². The van der Waals surface area contributed by atoms with Gasteiger partial charge in [-0.2, -0.15) is 0 Å². The van der Waals surface area contributed by atoms with E-state index in [4.69, 9.17) is 9.15 Å². The van der Waals surface area contributed by atoms with E-state index in [1.807, 2.05) is 37.3 Å². The van der Waals surface area contributed by atoms with Gasteiger partial charge in [-0.15, -0.1) is 0 Å². The fraction of sp³-hybridized carbons (Fsp3) is 0.375. The van der Waals surface area contributed by atoms with E-state index in [0.717, 1.165) is 29.2 Å². The van der Waals surface area contributed by atoms with Crippen LogP contribution in [0.5, 0.6) is 5.75 Å². The van der Waals surface area contributed by atoms with Gasteiger partial charge < -0.3 is 14.5 Å². The van der Waals surface area contributed by atoms with E-state index < -0.39 is 0 Å². The second-order valence-corrected chi connectivity index (χ2v) is 5.01. The number of aryl methyl sites for hydroxylation is 1. The monoisotopic (exact) mass is 259 g/mol. The lowest BCUT2D eigenvalue weighted by molar-refractivity contribution is 0.268. The molecule has 1 heterocycles. The minimum atomic E-state index is 0.465. The topological polar surface area (TPSA) is 34.4 Å². The van der Waals surface area contributed by atoms with Gasteiger partial charge in [0.25, 0.3) is 0 Å². The van der Waals surface area contributed by atoms with Crippen molar-refractivity contribution in [3.8, 4) is 5.75 Å². The lowest BCUT2D eigenvalue weighted by Crippen LogP contribution is -2.21. The maximum absolute atomic E-state index is 5.75. The maximum atomic E-state index is 5.75. The number of hydrogen-bond acceptors (Lipinski definition) is 3. The van der Waals surface area contributed by atoms with E-state index in [9.17, 15) is 0 Å². The Kier molecular flexibility index (Phi) is 4.63. The number of furan rings is 1. The molecule has 0 aliphatic carbocycles. The molecule has 102 valence electrons. The molecule has 0 unspecified atom stereocenters. The molecule has 2 rings (SSSR count). The van der Waals surface area contributed by atoms with E-state index in [2.05, 4.69) is 19.2 Å². The molecule has 0 fully saturated rings. The Labute approximate surface area is 114 Å². The third-order valence-corrected chi connectivity index (χ3v) is 2.89. The Bertz CT molecular complexity index is 517. The molecule has 3 heteroatoms. The van der Waals surface area contributed by atoms with Gasteiger partial charge in [0.05, 0.1) is 6.26 Å². The summed E-state index contributed by atoms with van der Waals surface area (Å²) in [6, 6.07) is 10.5. The standard InChI is InChI=1S/C16H21NO2/c1-12(2)17-9-14-8-15(18-10-14)11-19-16-7-5-4-6-13(16)3/h4-8,10,12,17H,9,11H2,1-3H3. The van der Waals surface area contributed by atoms with Gasteiger partial charge in [-0.3, -0.25) is 0 Å². The van der Waals surface area contributed by atoms with Crippen molar-refractivity contribution in [2.75, 3.05) is 0 Å². The highest BCUT2D eigenvalue weighted by molar-refractivity contribution is 5.31. The van der Waals surface area contributed by atoms with Crippen molar-refractivity contribution in [3.05, 3.63) is 53.5 Å². The van der Waals surface area contributed by atoms with Crippen molar-refractivity contribution >= 4 is 0 Å². The lowest BCUT2D eigenvalue weighted by Gasteiger charge is -2.06. The molecule has 0 amide bonds. The average Bonchev–Trinajstić information content (AvgIpc) is 2.83. The zero-order valence-electron chi connectivity index (χ0n) is 11.8. The molecular weight excluding hydrogens is 238 g/mol. The SMILES string of the molecule is Cc1ccccc1OCc1cc(CNC(C)C)co1. The van der Waals surface area contributed by atoms with Crippen LogP contribution in [0.4, 0.5) is 0 Å². The van der Waals surface area contributed by atoms with Crippen LogP contribution in [0.2, 0.25) is 0 Å². The van der Waals surface area contributed by atoms with Crippen molar-refractivity contribution in [1.29, 1.82) is 0 Å². The first-order valence-electron chi connectivity index (χ1n) is 6.63. The Morgan fingerprint density at radius 1 is 1.26 bits per heavy atom. The van der Waals surface area contributed by atoms with Gasteiger partial charge in [0.1, 0.15) is 18.1 Å². The van der Waals surface area contributed by atoms with Gasteiger partial charge in [-0.05, 0) is 24.6 Å². The fourth-order valence-corrected chi connectivity index (χ4v) is 1.78. The normalized spacial score (nSPS) is 10.9. The molecule has 0 radical (unpaired) electrons. The third kappa shape index (κ3) is 4.14. The molecule has 0 aliphatic rings. The van der Waals surface area contributed by atoms with Crippen LogP contribution in [0, 0.1) is 6.92 Å². The molecule has 0 bridgehead atoms. The quantitative estimate of drug-likeness (QED) is 0.859. The van der Waals surface area contributed by atoms with E-state index >= 15 is 0 Å². The first-order chi connectivity index (χ1) is 9.15. The highest BCUT2D eigenvalue weighted by atomic mass is 16.5. The molecule has 1 N–H and O–H groups in total. The van der Waals surface area contributed by atoms with Crippen molar-refractivity contribution < 1.29 is 9.15 Å². The molecule has 0 atom stereocenters. The average molecular weight is 259 g/mol. The minimum absolute atomic E-state index is 0.465. The van der Waals surface area contributed by atoms with Crippen LogP contribution < -0.4 is 10.1 Å². The Balaban J connectivity index is 1.88. The van der Waals surface area contributed by atoms with Crippen molar-refractivity contribution in [2.24, 2.45) is 0 Å². The summed E-state index contributed by atoms with van der Waals surface area (Å²) in [6.45, 7) is 7.58. The molecule has 0 spiro atoms. The van der Waals surface area contributed by atoms with Gasteiger partial charge in [0.2, 0.25) is 0 Å². The Morgan fingerprint density at radius 2 is 2.05 bits per heavy atom. The Morgan fingerprint density at radius 3 is 2.79 bits per heavy atom. The van der Waals surface area contributed by atoms with Gasteiger partial charge >= 0.3 is 0 Å². The number of hydrogen-bond donors (Lipinski definition) is 1. The summed E-state index contributed by atoms with van der Waals surface area (Å²) in [6.07, 6.45) is 1.78. The van der Waals surface area contributed by atoms with Crippen molar-refractivity contribution in [1.82, 2.24) is 5.32 Å². The molecule has 0 saturated carbocycles. The first-order valence-corrected chi connectivity index (χ1v) is 6.63. The third-order valence-electron chi connectivity index (χ3n) is 2.89. The first kappa shape index (κ1) is 13.7. The predicted octanol–water partition coefficient (Wildman–Crippen LogP) is 3.67. The molecule has 0 aliphatic heterocycles.